The van der Waals surface area contributed by atoms with Crippen molar-refractivity contribution in [3.05, 3.63) is 53.1 Å². The van der Waals surface area contributed by atoms with Gasteiger partial charge in [0.2, 0.25) is 35.4 Å². The summed E-state index contributed by atoms with van der Waals surface area (Å²) in [4.78, 5) is 94.8. The summed E-state index contributed by atoms with van der Waals surface area (Å²) < 4.78 is 112. The molecule has 0 aromatic heterocycles. The molecule has 14 nitrogen and oxygen atoms in total. The lowest BCUT2D eigenvalue weighted by atomic mass is 9.64. The van der Waals surface area contributed by atoms with E-state index in [0.717, 1.165) is 16.8 Å². The van der Waals surface area contributed by atoms with Crippen molar-refractivity contribution in [1.29, 1.82) is 0 Å². The SMILES string of the molecule is CC(C)C[C@@H]1NC(=O)[C@@H](N(C)C(=O)[C@@H](NC(=O)[C@@H]2C[C@@H](F)CN2C(=O)C2(C(F)(F)F)CC(F)(F)C2)C2CC2)CCCCCCCN(C)C(=O)[C@H](Cc2cc(Cl)ccc2-c2ccc(N3CCN(CC(F)F)CC3)cc2)N(C)C1=O. The summed E-state index contributed by atoms with van der Waals surface area (Å²) in [7, 11) is 4.56. The van der Waals surface area contributed by atoms with Crippen molar-refractivity contribution in [3.8, 4) is 11.1 Å². The van der Waals surface area contributed by atoms with Crippen LogP contribution in [0, 0.1) is 17.3 Å². The average Bonchev–Trinajstić information content (AvgIpc) is 4.21. The fourth-order valence-electron chi connectivity index (χ4n) is 11.6. The lowest BCUT2D eigenvalue weighted by Gasteiger charge is -2.48. The maximum absolute atomic E-state index is 15.0. The molecule has 0 spiro atoms. The van der Waals surface area contributed by atoms with Gasteiger partial charge >= 0.3 is 6.18 Å². The van der Waals surface area contributed by atoms with Crippen LogP contribution in [0.25, 0.3) is 11.1 Å². The van der Waals surface area contributed by atoms with Crippen LogP contribution < -0.4 is 15.5 Å². The first-order valence-corrected chi connectivity index (χ1v) is 27.5. The Morgan fingerprint density at radius 2 is 1.51 bits per heavy atom. The third-order valence-corrected chi connectivity index (χ3v) is 16.5. The molecule has 7 rings (SSSR count). The highest BCUT2D eigenvalue weighted by Gasteiger charge is 2.75. The van der Waals surface area contributed by atoms with Gasteiger partial charge in [0, 0.05) is 90.3 Å². The minimum Gasteiger partial charge on any atom is -0.369 e. The number of carbonyl (C=O) groups excluding carboxylic acids is 6. The maximum atomic E-state index is 15.0. The van der Waals surface area contributed by atoms with E-state index >= 15 is 0 Å². The molecule has 2 N–H and O–H groups in total. The molecular weight excluding hydrogens is 1060 g/mol. The summed E-state index contributed by atoms with van der Waals surface area (Å²) in [5.41, 5.74) is -0.342. The first-order valence-electron chi connectivity index (χ1n) is 27.1. The number of alkyl halides is 8. The van der Waals surface area contributed by atoms with Gasteiger partial charge in [-0.1, -0.05) is 69.3 Å². The number of anilines is 1. The van der Waals surface area contributed by atoms with Crippen LogP contribution in [0.4, 0.5) is 40.8 Å². The molecule has 5 fully saturated rings. The summed E-state index contributed by atoms with van der Waals surface area (Å²) in [5, 5.41) is 5.84. The van der Waals surface area contributed by atoms with Crippen molar-refractivity contribution >= 4 is 52.7 Å². The molecule has 432 valence electrons. The van der Waals surface area contributed by atoms with Gasteiger partial charge in [-0.15, -0.1) is 0 Å². The van der Waals surface area contributed by atoms with Crippen molar-refractivity contribution in [2.75, 3.05) is 71.9 Å². The van der Waals surface area contributed by atoms with Crippen LogP contribution in [0.1, 0.15) is 96.5 Å². The number of nitrogens with zero attached hydrogens (tertiary/aromatic N) is 6. The van der Waals surface area contributed by atoms with Gasteiger partial charge in [0.05, 0.1) is 13.1 Å². The predicted octanol–water partition coefficient (Wildman–Crippen LogP) is 7.75. The number of likely N-dealkylation sites (N-methyl/N-ethyl adjacent to an activating group) is 3. The van der Waals surface area contributed by atoms with Gasteiger partial charge in [-0.3, -0.25) is 33.7 Å². The summed E-state index contributed by atoms with van der Waals surface area (Å²) in [6.07, 6.45) is -9.86. The number of rotatable bonds is 14. The molecule has 3 aliphatic heterocycles. The van der Waals surface area contributed by atoms with Crippen LogP contribution in [-0.2, 0) is 35.2 Å². The quantitative estimate of drug-likeness (QED) is 0.183. The third-order valence-electron chi connectivity index (χ3n) is 16.2. The summed E-state index contributed by atoms with van der Waals surface area (Å²) >= 11 is 6.64. The Bertz CT molecular complexity index is 2470. The monoisotopic (exact) mass is 1130 g/mol. The second-order valence-corrected chi connectivity index (χ2v) is 23.0. The topological polar surface area (TPSA) is 146 Å². The summed E-state index contributed by atoms with van der Waals surface area (Å²) in [6.45, 7) is 5.06. The number of nitrogens with one attached hydrogen (secondary N) is 2. The van der Waals surface area contributed by atoms with Gasteiger partial charge in [0.15, 0.2) is 5.41 Å². The van der Waals surface area contributed by atoms with Crippen LogP contribution in [0.5, 0.6) is 0 Å². The van der Waals surface area contributed by atoms with Crippen LogP contribution in [0.15, 0.2) is 42.5 Å². The predicted molar refractivity (Wildman–Crippen MR) is 277 cm³/mol. The van der Waals surface area contributed by atoms with Gasteiger partial charge < -0.3 is 35.1 Å². The molecule has 2 aromatic rings. The molecule has 6 atom stereocenters. The van der Waals surface area contributed by atoms with Gasteiger partial charge in [-0.25, -0.2) is 22.0 Å². The molecule has 2 aliphatic carbocycles. The van der Waals surface area contributed by atoms with E-state index in [9.17, 15) is 63.9 Å². The minimum absolute atomic E-state index is 0.0313. The number of amides is 6. The molecule has 2 aromatic carbocycles. The molecule has 0 bridgehead atoms. The van der Waals surface area contributed by atoms with Gasteiger partial charge in [-0.05, 0) is 84.9 Å². The van der Waals surface area contributed by atoms with E-state index in [1.807, 2.05) is 44.2 Å². The molecule has 3 heterocycles. The first kappa shape index (κ1) is 60.4. The Hall–Kier alpha value is -5.25. The van der Waals surface area contributed by atoms with Crippen molar-refractivity contribution < 1.29 is 63.9 Å². The molecule has 3 saturated heterocycles. The highest BCUT2D eigenvalue weighted by Crippen LogP contribution is 2.61. The summed E-state index contributed by atoms with van der Waals surface area (Å²) in [6, 6.07) is 6.45. The lowest BCUT2D eigenvalue weighted by Crippen LogP contribution is -2.65. The number of likely N-dealkylation sites (tertiary alicyclic amines) is 1. The summed E-state index contributed by atoms with van der Waals surface area (Å²) in [5.74, 6) is -9.74. The molecule has 0 unspecified atom stereocenters. The zero-order valence-corrected chi connectivity index (χ0v) is 45.7. The molecule has 6 amide bonds. The molecule has 2 saturated carbocycles. The molecule has 0 radical (unpaired) electrons. The largest absolute Gasteiger partial charge is 0.403 e. The zero-order chi connectivity index (χ0) is 57.0. The van der Waals surface area contributed by atoms with E-state index in [1.165, 1.54) is 23.9 Å². The number of carbonyl (C=O) groups is 6. The minimum atomic E-state index is -5.41. The van der Waals surface area contributed by atoms with Crippen molar-refractivity contribution in [3.63, 3.8) is 0 Å². The zero-order valence-electron chi connectivity index (χ0n) is 44.9. The van der Waals surface area contributed by atoms with Crippen molar-refractivity contribution in [2.45, 2.75) is 152 Å². The van der Waals surface area contributed by atoms with Crippen molar-refractivity contribution in [2.24, 2.45) is 17.3 Å². The number of benzene rings is 2. The van der Waals surface area contributed by atoms with Crippen LogP contribution in [0.3, 0.4) is 0 Å². The number of halogens is 9. The fraction of sp³-hybridized carbons (Fsp3) is 0.673. The second kappa shape index (κ2) is 25.0. The van der Waals surface area contributed by atoms with E-state index in [-0.39, 0.29) is 37.6 Å². The normalized spacial score (nSPS) is 25.5. The Labute approximate surface area is 455 Å². The smallest absolute Gasteiger partial charge is 0.369 e. The lowest BCUT2D eigenvalue weighted by molar-refractivity contribution is -0.299. The van der Waals surface area contributed by atoms with E-state index in [2.05, 4.69) is 15.5 Å². The standard InChI is InChI=1S/C55H73ClF8N8O6/c1-33(2)25-41-49(75)69(5)44(27-36-26-37(56)16-19-40(36)34-14-17-39(18-15-34)71-23-21-70(22-24-71)30-45(58)59)50(76)67(3)20-10-8-6-7-9-11-42(47(73)65-41)68(4)51(77)46(35-12-13-35)66-48(74)43-28-38(57)29-72(43)52(78)53(55(62,63)64)31-54(60,61)32-53/h14-19,26,33,35,38,41-46H,6-13,20-25,27-32H2,1-5H3,(H,65,73)(H,66,74)/t38-,41+,42+,43+,44+,46+/m1/s1. The van der Waals surface area contributed by atoms with E-state index < -0.39 is 122 Å². The Kier molecular flexibility index (Phi) is 19.4. The average molecular weight is 1130 g/mol. The van der Waals surface area contributed by atoms with Crippen molar-refractivity contribution in [1.82, 2.24) is 35.1 Å². The van der Waals surface area contributed by atoms with E-state index in [4.69, 9.17) is 11.6 Å². The Morgan fingerprint density at radius 1 is 0.872 bits per heavy atom. The Balaban J connectivity index is 1.11. The molecule has 5 aliphatic rings. The highest BCUT2D eigenvalue weighted by molar-refractivity contribution is 6.30. The van der Waals surface area contributed by atoms with Gasteiger partial charge in [0.1, 0.15) is 36.4 Å². The Morgan fingerprint density at radius 3 is 2.12 bits per heavy atom. The third kappa shape index (κ3) is 14.2. The molecule has 23 heteroatoms. The fourth-order valence-corrected chi connectivity index (χ4v) is 11.8. The van der Waals surface area contributed by atoms with E-state index in [0.29, 0.717) is 93.2 Å². The highest BCUT2D eigenvalue weighted by atomic mass is 35.5. The second-order valence-electron chi connectivity index (χ2n) is 22.6. The molecular formula is C55H73ClF8N8O6. The number of hydrogen-bond donors (Lipinski definition) is 2. The van der Waals surface area contributed by atoms with Gasteiger partial charge in [0.25, 0.3) is 12.3 Å². The maximum Gasteiger partial charge on any atom is 0.403 e. The van der Waals surface area contributed by atoms with Crippen LogP contribution in [0.2, 0.25) is 5.02 Å². The molecule has 78 heavy (non-hydrogen) atoms. The number of piperazine rings is 1. The first-order chi connectivity index (χ1) is 36.7. The van der Waals surface area contributed by atoms with E-state index in [1.54, 1.807) is 29.0 Å². The van der Waals surface area contributed by atoms with Gasteiger partial charge in [-0.2, -0.15) is 13.2 Å². The van der Waals surface area contributed by atoms with Crippen LogP contribution in [-0.4, -0.2) is 182 Å². The number of hydrogen-bond acceptors (Lipinski definition) is 8. The van der Waals surface area contributed by atoms with Crippen LogP contribution >= 0.6 is 11.6 Å².